The Morgan fingerprint density at radius 2 is 1.78 bits per heavy atom. The Balaban J connectivity index is 2.70. The van der Waals surface area contributed by atoms with Gasteiger partial charge in [0.05, 0.1) is 11.4 Å². The van der Waals surface area contributed by atoms with Crippen LogP contribution in [0.25, 0.3) is 5.70 Å². The first-order chi connectivity index (χ1) is 8.69. The highest BCUT2D eigenvalue weighted by Crippen LogP contribution is 2.24. The van der Waals surface area contributed by atoms with Gasteiger partial charge in [-0.15, -0.1) is 0 Å². The van der Waals surface area contributed by atoms with Gasteiger partial charge in [-0.2, -0.15) is 0 Å². The molecule has 1 aliphatic rings. The quantitative estimate of drug-likeness (QED) is 0.739. The molecule has 3 heteroatoms. The van der Waals surface area contributed by atoms with Crippen LogP contribution in [0.3, 0.4) is 0 Å². The second-order valence-corrected chi connectivity index (χ2v) is 4.07. The first-order valence-corrected chi connectivity index (χ1v) is 5.76. The Kier molecular flexibility index (Phi) is 3.24. The van der Waals surface area contributed by atoms with Gasteiger partial charge in [0.25, 0.3) is 0 Å². The molecule has 0 saturated heterocycles. The summed E-state index contributed by atoms with van der Waals surface area (Å²) in [5, 5.41) is 3.30. The van der Waals surface area contributed by atoms with Crippen molar-refractivity contribution < 1.29 is 0 Å². The second-order valence-electron chi connectivity index (χ2n) is 4.07. The monoisotopic (exact) mass is 239 g/mol. The number of rotatable bonds is 2. The van der Waals surface area contributed by atoms with Gasteiger partial charge in [0, 0.05) is 23.4 Å². The Morgan fingerprint density at radius 3 is 2.44 bits per heavy atom. The third-order valence-corrected chi connectivity index (χ3v) is 3.06. The summed E-state index contributed by atoms with van der Waals surface area (Å²) in [5.41, 5.74) is 17.1. The van der Waals surface area contributed by atoms with Gasteiger partial charge in [0.2, 0.25) is 0 Å². The van der Waals surface area contributed by atoms with Crippen LogP contribution in [0.4, 0.5) is 0 Å². The predicted molar refractivity (Wildman–Crippen MR) is 76.0 cm³/mol. The van der Waals surface area contributed by atoms with E-state index in [4.69, 9.17) is 11.5 Å². The SMILES string of the molecule is C=C/C1=C(C=C)/C(N)=C(/N)c2ccccc2CN1. The Morgan fingerprint density at radius 1 is 1.06 bits per heavy atom. The topological polar surface area (TPSA) is 64.1 Å². The van der Waals surface area contributed by atoms with Gasteiger partial charge in [-0.1, -0.05) is 43.5 Å². The zero-order valence-electron chi connectivity index (χ0n) is 10.2. The molecule has 1 aromatic rings. The lowest BCUT2D eigenvalue weighted by Gasteiger charge is -2.20. The molecule has 0 spiro atoms. The van der Waals surface area contributed by atoms with Crippen LogP contribution in [-0.4, -0.2) is 0 Å². The molecule has 18 heavy (non-hydrogen) atoms. The molecule has 0 bridgehead atoms. The van der Waals surface area contributed by atoms with Crippen molar-refractivity contribution in [3.63, 3.8) is 0 Å². The third-order valence-electron chi connectivity index (χ3n) is 3.06. The zero-order chi connectivity index (χ0) is 13.1. The molecular formula is C15H17N3. The second kappa shape index (κ2) is 4.84. The van der Waals surface area contributed by atoms with Gasteiger partial charge in [-0.25, -0.2) is 0 Å². The zero-order valence-corrected chi connectivity index (χ0v) is 10.2. The number of benzene rings is 1. The van der Waals surface area contributed by atoms with E-state index in [1.807, 2.05) is 24.3 Å². The standard InChI is InChI=1S/C15H17N3/c1-3-11-13(4-2)18-9-10-7-5-6-8-12(10)15(17)14(11)16/h3-8,18H,1-2,9,16-17H2/b13-11-,15-14-. The smallest absolute Gasteiger partial charge is 0.0648 e. The van der Waals surface area contributed by atoms with Crippen LogP contribution in [0.1, 0.15) is 11.1 Å². The van der Waals surface area contributed by atoms with Crippen molar-refractivity contribution in [2.24, 2.45) is 11.5 Å². The van der Waals surface area contributed by atoms with E-state index in [0.29, 0.717) is 17.9 Å². The molecule has 0 radical (unpaired) electrons. The lowest BCUT2D eigenvalue weighted by molar-refractivity contribution is 0.819. The molecule has 2 rings (SSSR count). The van der Waals surface area contributed by atoms with Crippen LogP contribution < -0.4 is 16.8 Å². The Hall–Kier alpha value is -2.42. The summed E-state index contributed by atoms with van der Waals surface area (Å²) in [7, 11) is 0. The van der Waals surface area contributed by atoms with Crippen molar-refractivity contribution in [2.75, 3.05) is 0 Å². The molecule has 1 aliphatic heterocycles. The fourth-order valence-electron chi connectivity index (χ4n) is 2.06. The summed E-state index contributed by atoms with van der Waals surface area (Å²) in [6, 6.07) is 7.94. The van der Waals surface area contributed by atoms with Gasteiger partial charge < -0.3 is 16.8 Å². The van der Waals surface area contributed by atoms with Crippen LogP contribution in [0.2, 0.25) is 0 Å². The molecular weight excluding hydrogens is 222 g/mol. The minimum absolute atomic E-state index is 0.527. The summed E-state index contributed by atoms with van der Waals surface area (Å²) < 4.78 is 0. The van der Waals surface area contributed by atoms with Crippen molar-refractivity contribution in [3.05, 3.63) is 77.7 Å². The van der Waals surface area contributed by atoms with E-state index >= 15 is 0 Å². The van der Waals surface area contributed by atoms with Crippen molar-refractivity contribution in [1.82, 2.24) is 5.32 Å². The maximum absolute atomic E-state index is 6.15. The van der Waals surface area contributed by atoms with E-state index in [9.17, 15) is 0 Å². The number of hydrogen-bond acceptors (Lipinski definition) is 3. The molecule has 1 heterocycles. The van der Waals surface area contributed by atoms with E-state index in [1.165, 1.54) is 0 Å². The fourth-order valence-corrected chi connectivity index (χ4v) is 2.06. The van der Waals surface area contributed by atoms with Gasteiger partial charge >= 0.3 is 0 Å². The molecule has 1 aromatic carbocycles. The van der Waals surface area contributed by atoms with Crippen molar-refractivity contribution in [2.45, 2.75) is 6.54 Å². The van der Waals surface area contributed by atoms with E-state index in [0.717, 1.165) is 22.4 Å². The molecule has 0 unspecified atom stereocenters. The van der Waals surface area contributed by atoms with E-state index < -0.39 is 0 Å². The normalized spacial score (nSPS) is 23.3. The summed E-state index contributed by atoms with van der Waals surface area (Å²) in [6.45, 7) is 8.25. The fraction of sp³-hybridized carbons (Fsp3) is 0.0667. The largest absolute Gasteiger partial charge is 0.397 e. The predicted octanol–water partition coefficient (Wildman–Crippen LogP) is 2.00. The first kappa shape index (κ1) is 12.0. The third kappa shape index (κ3) is 1.91. The number of fused-ring (bicyclic) bond motifs is 1. The summed E-state index contributed by atoms with van der Waals surface area (Å²) >= 11 is 0. The van der Waals surface area contributed by atoms with Crippen molar-refractivity contribution >= 4 is 5.70 Å². The van der Waals surface area contributed by atoms with Gasteiger partial charge in [0.15, 0.2) is 0 Å². The van der Waals surface area contributed by atoms with Crippen LogP contribution in [-0.2, 0) is 6.54 Å². The summed E-state index contributed by atoms with van der Waals surface area (Å²) in [4.78, 5) is 0. The molecule has 92 valence electrons. The number of hydrogen-bond donors (Lipinski definition) is 3. The van der Waals surface area contributed by atoms with Gasteiger partial charge in [0.1, 0.15) is 0 Å². The molecule has 5 N–H and O–H groups in total. The van der Waals surface area contributed by atoms with Gasteiger partial charge in [-0.3, -0.25) is 0 Å². The number of nitrogens with one attached hydrogen (secondary N) is 1. The highest BCUT2D eigenvalue weighted by atomic mass is 14.9. The Bertz CT molecular complexity index is 565. The van der Waals surface area contributed by atoms with Crippen molar-refractivity contribution in [1.29, 1.82) is 0 Å². The van der Waals surface area contributed by atoms with E-state index in [-0.39, 0.29) is 0 Å². The van der Waals surface area contributed by atoms with Gasteiger partial charge in [-0.05, 0) is 11.6 Å². The Labute approximate surface area is 107 Å². The molecule has 0 amide bonds. The number of nitrogens with two attached hydrogens (primary N) is 2. The number of allylic oxidation sites excluding steroid dienone is 2. The molecule has 0 fully saturated rings. The van der Waals surface area contributed by atoms with Crippen LogP contribution in [0.15, 0.2) is 66.5 Å². The molecule has 0 aromatic heterocycles. The summed E-state index contributed by atoms with van der Waals surface area (Å²) in [6.07, 6.45) is 3.42. The first-order valence-electron chi connectivity index (χ1n) is 5.76. The van der Waals surface area contributed by atoms with Crippen LogP contribution >= 0.6 is 0 Å². The van der Waals surface area contributed by atoms with Crippen LogP contribution in [0, 0.1) is 0 Å². The lowest BCUT2D eigenvalue weighted by Crippen LogP contribution is -2.22. The van der Waals surface area contributed by atoms with E-state index in [1.54, 1.807) is 12.2 Å². The van der Waals surface area contributed by atoms with Crippen molar-refractivity contribution in [3.8, 4) is 0 Å². The summed E-state index contributed by atoms with van der Waals surface area (Å²) in [5.74, 6) is 0. The molecule has 0 aliphatic carbocycles. The maximum atomic E-state index is 6.15. The van der Waals surface area contributed by atoms with E-state index in [2.05, 4.69) is 18.5 Å². The van der Waals surface area contributed by atoms with Crippen LogP contribution in [0.5, 0.6) is 0 Å². The lowest BCUT2D eigenvalue weighted by atomic mass is 9.97. The highest BCUT2D eigenvalue weighted by molar-refractivity contribution is 5.73. The minimum Gasteiger partial charge on any atom is -0.397 e. The average molecular weight is 239 g/mol. The highest BCUT2D eigenvalue weighted by Gasteiger charge is 2.15. The minimum atomic E-state index is 0.527. The molecule has 3 nitrogen and oxygen atoms in total. The molecule has 0 saturated carbocycles. The average Bonchev–Trinajstić information content (AvgIpc) is 2.41. The maximum Gasteiger partial charge on any atom is 0.0648 e. The molecule has 0 atom stereocenters.